The van der Waals surface area contributed by atoms with Gasteiger partial charge in [0.1, 0.15) is 6.04 Å². The quantitative estimate of drug-likeness (QED) is 0.882. The molecule has 1 unspecified atom stereocenters. The van der Waals surface area contributed by atoms with Crippen LogP contribution in [0.2, 0.25) is 0 Å². The number of para-hydroxylation sites is 1. The zero-order valence-corrected chi connectivity index (χ0v) is 11.4. The second kappa shape index (κ2) is 7.05. The summed E-state index contributed by atoms with van der Waals surface area (Å²) in [6.07, 6.45) is 3.50. The molecule has 0 saturated carbocycles. The van der Waals surface area contributed by atoms with Crippen LogP contribution >= 0.6 is 0 Å². The average molecular weight is 276 g/mol. The van der Waals surface area contributed by atoms with E-state index in [-0.39, 0.29) is 12.5 Å². The number of benzene rings is 1. The van der Waals surface area contributed by atoms with E-state index in [9.17, 15) is 14.7 Å². The molecule has 5 nitrogen and oxygen atoms in total. The summed E-state index contributed by atoms with van der Waals surface area (Å²) in [5.74, 6) is -0.997. The fraction of sp³-hybridized carbons (Fsp3) is 0.467. The molecule has 5 heteroatoms. The maximum absolute atomic E-state index is 12.0. The molecule has 1 aromatic carbocycles. The maximum atomic E-state index is 12.0. The molecule has 0 bridgehead atoms. The Morgan fingerprint density at radius 1 is 1.20 bits per heavy atom. The van der Waals surface area contributed by atoms with E-state index >= 15 is 0 Å². The number of carbonyl (C=O) groups is 2. The Morgan fingerprint density at radius 3 is 2.65 bits per heavy atom. The average Bonchev–Trinajstić information content (AvgIpc) is 2.65. The number of nitrogens with zero attached hydrogens (tertiary/aromatic N) is 1. The molecule has 1 fully saturated rings. The van der Waals surface area contributed by atoms with E-state index in [2.05, 4.69) is 5.32 Å². The van der Waals surface area contributed by atoms with Gasteiger partial charge in [0.2, 0.25) is 5.91 Å². The smallest absolute Gasteiger partial charge is 0.320 e. The van der Waals surface area contributed by atoms with Gasteiger partial charge in [-0.25, -0.2) is 0 Å². The lowest BCUT2D eigenvalue weighted by Crippen LogP contribution is -2.44. The Bertz CT molecular complexity index is 461. The summed E-state index contributed by atoms with van der Waals surface area (Å²) in [6, 6.07) is 8.66. The SMILES string of the molecule is O=C(CN1CCCCCC1C(=O)O)Nc1ccccc1. The highest BCUT2D eigenvalue weighted by Gasteiger charge is 2.28. The highest BCUT2D eigenvalue weighted by Crippen LogP contribution is 2.17. The van der Waals surface area contributed by atoms with Crippen LogP contribution in [0, 0.1) is 0 Å². The molecule has 2 rings (SSSR count). The summed E-state index contributed by atoms with van der Waals surface area (Å²) in [4.78, 5) is 25.1. The molecule has 1 atom stereocenters. The highest BCUT2D eigenvalue weighted by molar-refractivity contribution is 5.92. The molecule has 0 spiro atoms. The van der Waals surface area contributed by atoms with Crippen molar-refractivity contribution in [3.63, 3.8) is 0 Å². The molecule has 108 valence electrons. The molecule has 1 aliphatic heterocycles. The predicted molar refractivity (Wildman–Crippen MR) is 76.5 cm³/mol. The second-order valence-electron chi connectivity index (χ2n) is 5.09. The topological polar surface area (TPSA) is 69.6 Å². The number of rotatable bonds is 4. The molecule has 1 aliphatic rings. The first-order chi connectivity index (χ1) is 9.66. The number of anilines is 1. The number of nitrogens with one attached hydrogen (secondary N) is 1. The van der Waals surface area contributed by atoms with Crippen LogP contribution in [0.15, 0.2) is 30.3 Å². The highest BCUT2D eigenvalue weighted by atomic mass is 16.4. The number of carbonyl (C=O) groups excluding carboxylic acids is 1. The van der Waals surface area contributed by atoms with Gasteiger partial charge in [0.15, 0.2) is 0 Å². The summed E-state index contributed by atoms with van der Waals surface area (Å²) in [5.41, 5.74) is 0.735. The van der Waals surface area contributed by atoms with Crippen LogP contribution in [0.5, 0.6) is 0 Å². The number of aliphatic carboxylic acids is 1. The Hall–Kier alpha value is -1.88. The van der Waals surface area contributed by atoms with Gasteiger partial charge in [-0.15, -0.1) is 0 Å². The van der Waals surface area contributed by atoms with Crippen LogP contribution in [-0.2, 0) is 9.59 Å². The Balaban J connectivity index is 1.95. The van der Waals surface area contributed by atoms with Crippen LogP contribution in [0.1, 0.15) is 25.7 Å². The fourth-order valence-electron chi connectivity index (χ4n) is 2.54. The van der Waals surface area contributed by atoms with E-state index in [0.717, 1.165) is 24.9 Å². The lowest BCUT2D eigenvalue weighted by Gasteiger charge is -2.25. The zero-order chi connectivity index (χ0) is 14.4. The van der Waals surface area contributed by atoms with E-state index in [0.29, 0.717) is 13.0 Å². The molecule has 20 heavy (non-hydrogen) atoms. The molecule has 1 aromatic rings. The summed E-state index contributed by atoms with van der Waals surface area (Å²) < 4.78 is 0. The minimum atomic E-state index is -0.834. The minimum Gasteiger partial charge on any atom is -0.480 e. The zero-order valence-electron chi connectivity index (χ0n) is 11.4. The summed E-state index contributed by atoms with van der Waals surface area (Å²) in [5, 5.41) is 12.1. The van der Waals surface area contributed by atoms with Gasteiger partial charge in [0.05, 0.1) is 6.54 Å². The van der Waals surface area contributed by atoms with Crippen molar-refractivity contribution in [1.29, 1.82) is 0 Å². The fourth-order valence-corrected chi connectivity index (χ4v) is 2.54. The molecule has 0 aromatic heterocycles. The monoisotopic (exact) mass is 276 g/mol. The molecule has 0 radical (unpaired) electrons. The molecule has 2 N–H and O–H groups in total. The third-order valence-electron chi connectivity index (χ3n) is 3.55. The van der Waals surface area contributed by atoms with Crippen molar-refractivity contribution in [2.24, 2.45) is 0 Å². The summed E-state index contributed by atoms with van der Waals surface area (Å²) >= 11 is 0. The van der Waals surface area contributed by atoms with Gasteiger partial charge in [0.25, 0.3) is 0 Å². The molecule has 1 amide bonds. The van der Waals surface area contributed by atoms with Crippen LogP contribution in [-0.4, -0.2) is 41.0 Å². The van der Waals surface area contributed by atoms with E-state index in [1.165, 1.54) is 0 Å². The number of likely N-dealkylation sites (tertiary alicyclic amines) is 1. The van der Waals surface area contributed by atoms with Crippen molar-refractivity contribution in [3.8, 4) is 0 Å². The van der Waals surface area contributed by atoms with Gasteiger partial charge >= 0.3 is 5.97 Å². The van der Waals surface area contributed by atoms with Gasteiger partial charge in [-0.1, -0.05) is 31.0 Å². The number of carboxylic acid groups (broad SMARTS) is 1. The standard InChI is InChI=1S/C15H20N2O3/c18-14(16-12-7-3-1-4-8-12)11-17-10-6-2-5-9-13(17)15(19)20/h1,3-4,7-8,13H,2,5-6,9-11H2,(H,16,18)(H,19,20). The van der Waals surface area contributed by atoms with E-state index in [1.54, 1.807) is 4.90 Å². The van der Waals surface area contributed by atoms with Crippen LogP contribution in [0.3, 0.4) is 0 Å². The van der Waals surface area contributed by atoms with Gasteiger partial charge in [-0.3, -0.25) is 14.5 Å². The Labute approximate surface area is 118 Å². The van der Waals surface area contributed by atoms with Gasteiger partial charge < -0.3 is 10.4 Å². The van der Waals surface area contributed by atoms with Crippen molar-refractivity contribution < 1.29 is 14.7 Å². The normalized spacial score (nSPS) is 20.1. The Kier molecular flexibility index (Phi) is 5.12. The third kappa shape index (κ3) is 4.06. The van der Waals surface area contributed by atoms with E-state index in [1.807, 2.05) is 30.3 Å². The number of carboxylic acids is 1. The first-order valence-corrected chi connectivity index (χ1v) is 6.98. The van der Waals surface area contributed by atoms with Gasteiger partial charge in [0, 0.05) is 5.69 Å². The molecule has 1 saturated heterocycles. The number of amides is 1. The molecular weight excluding hydrogens is 256 g/mol. The Morgan fingerprint density at radius 2 is 1.95 bits per heavy atom. The number of hydrogen-bond donors (Lipinski definition) is 2. The summed E-state index contributed by atoms with van der Waals surface area (Å²) in [6.45, 7) is 0.797. The van der Waals surface area contributed by atoms with Crippen molar-refractivity contribution in [2.45, 2.75) is 31.7 Å². The lowest BCUT2D eigenvalue weighted by atomic mass is 10.1. The van der Waals surface area contributed by atoms with Crippen LogP contribution < -0.4 is 5.32 Å². The maximum Gasteiger partial charge on any atom is 0.320 e. The molecule has 1 heterocycles. The van der Waals surface area contributed by atoms with E-state index in [4.69, 9.17) is 0 Å². The minimum absolute atomic E-state index is 0.131. The second-order valence-corrected chi connectivity index (χ2v) is 5.09. The van der Waals surface area contributed by atoms with Gasteiger partial charge in [-0.2, -0.15) is 0 Å². The largest absolute Gasteiger partial charge is 0.480 e. The van der Waals surface area contributed by atoms with Gasteiger partial charge in [-0.05, 0) is 31.5 Å². The lowest BCUT2D eigenvalue weighted by molar-refractivity contribution is -0.143. The van der Waals surface area contributed by atoms with Crippen molar-refractivity contribution in [3.05, 3.63) is 30.3 Å². The van der Waals surface area contributed by atoms with E-state index < -0.39 is 12.0 Å². The van der Waals surface area contributed by atoms with Crippen molar-refractivity contribution in [1.82, 2.24) is 4.90 Å². The third-order valence-corrected chi connectivity index (χ3v) is 3.55. The van der Waals surface area contributed by atoms with Crippen molar-refractivity contribution >= 4 is 17.6 Å². The van der Waals surface area contributed by atoms with Crippen LogP contribution in [0.4, 0.5) is 5.69 Å². The predicted octanol–water partition coefficient (Wildman–Crippen LogP) is 1.95. The molecule has 0 aliphatic carbocycles. The summed E-state index contributed by atoms with van der Waals surface area (Å²) in [7, 11) is 0. The van der Waals surface area contributed by atoms with Crippen molar-refractivity contribution in [2.75, 3.05) is 18.4 Å². The van der Waals surface area contributed by atoms with Crippen LogP contribution in [0.25, 0.3) is 0 Å². The number of hydrogen-bond acceptors (Lipinski definition) is 3. The first kappa shape index (κ1) is 14.5. The molecular formula is C15H20N2O3. The first-order valence-electron chi connectivity index (χ1n) is 6.98.